The molecule has 2 aromatic rings. The third-order valence-corrected chi connectivity index (χ3v) is 8.26. The fraction of sp³-hybridized carbons (Fsp3) is 0.571. The molecule has 1 amide bonds. The first-order valence-electron chi connectivity index (χ1n) is 10.5. The predicted octanol–water partition coefficient (Wildman–Crippen LogP) is 2.75. The van der Waals surface area contributed by atoms with Crippen molar-refractivity contribution in [2.45, 2.75) is 32.1 Å². The first-order chi connectivity index (χ1) is 14.8. The molecule has 0 radical (unpaired) electrons. The number of pyridine rings is 1. The van der Waals surface area contributed by atoms with Gasteiger partial charge in [0.05, 0.1) is 22.7 Å². The number of anilines is 1. The Morgan fingerprint density at radius 3 is 2.58 bits per heavy atom. The van der Waals surface area contributed by atoms with Gasteiger partial charge in [-0.3, -0.25) is 9.69 Å². The second-order valence-electron chi connectivity index (χ2n) is 8.52. The van der Waals surface area contributed by atoms with Crippen LogP contribution in [0.15, 0.2) is 17.6 Å². The van der Waals surface area contributed by atoms with E-state index in [-0.39, 0.29) is 11.3 Å². The van der Waals surface area contributed by atoms with Gasteiger partial charge in [-0.15, -0.1) is 11.3 Å². The summed E-state index contributed by atoms with van der Waals surface area (Å²) in [5, 5.41) is 12.0. The third kappa shape index (κ3) is 4.32. The molecule has 2 saturated heterocycles. The van der Waals surface area contributed by atoms with Crippen LogP contribution in [0.5, 0.6) is 0 Å². The summed E-state index contributed by atoms with van der Waals surface area (Å²) in [6.07, 6.45) is 3.21. The molecule has 2 aliphatic heterocycles. The molecule has 31 heavy (non-hydrogen) atoms. The van der Waals surface area contributed by atoms with E-state index in [1.54, 1.807) is 24.5 Å². The summed E-state index contributed by atoms with van der Waals surface area (Å²) in [6, 6.07) is 4.46. The van der Waals surface area contributed by atoms with Crippen molar-refractivity contribution in [1.82, 2.24) is 14.8 Å². The fourth-order valence-corrected chi connectivity index (χ4v) is 5.53. The van der Waals surface area contributed by atoms with Gasteiger partial charge in [-0.2, -0.15) is 5.26 Å². The van der Waals surface area contributed by atoms with Crippen LogP contribution >= 0.6 is 11.3 Å². The smallest absolute Gasteiger partial charge is 0.257 e. The number of hydrogen-bond acceptors (Lipinski definition) is 7. The van der Waals surface area contributed by atoms with Gasteiger partial charge in [0.25, 0.3) is 5.91 Å². The van der Waals surface area contributed by atoms with E-state index < -0.39 is 16.5 Å². The van der Waals surface area contributed by atoms with Crippen molar-refractivity contribution in [3.63, 3.8) is 0 Å². The number of piperazine rings is 1. The molecular formula is C21H27N5O3S2. The summed E-state index contributed by atoms with van der Waals surface area (Å²) in [7, 11) is 0. The van der Waals surface area contributed by atoms with Crippen molar-refractivity contribution < 1.29 is 13.6 Å². The number of carbonyl (C=O) groups excluding carboxylic acids is 1. The van der Waals surface area contributed by atoms with Gasteiger partial charge in [0.1, 0.15) is 10.2 Å². The fourth-order valence-electron chi connectivity index (χ4n) is 4.33. The van der Waals surface area contributed by atoms with Crippen LogP contribution in [0.2, 0.25) is 0 Å². The van der Waals surface area contributed by atoms with Gasteiger partial charge in [-0.05, 0) is 38.1 Å². The maximum absolute atomic E-state index is 13.5. The average molecular weight is 462 g/mol. The number of aromatic nitrogens is 1. The van der Waals surface area contributed by atoms with Crippen LogP contribution in [-0.4, -0.2) is 74.1 Å². The van der Waals surface area contributed by atoms with Crippen molar-refractivity contribution in [2.75, 3.05) is 44.2 Å². The van der Waals surface area contributed by atoms with Gasteiger partial charge in [-0.25, -0.2) is 9.19 Å². The SMILES string of the molecule is CC(N1CCN(C(=O)c2cnc3sccc3c2N2CCC(C)(C#N)CC2)CC1)S(=O)O. The van der Waals surface area contributed by atoms with Crippen molar-refractivity contribution >= 4 is 44.2 Å². The molecule has 2 fully saturated rings. The Morgan fingerprint density at radius 1 is 1.29 bits per heavy atom. The van der Waals surface area contributed by atoms with Gasteiger partial charge in [0.2, 0.25) is 0 Å². The number of nitriles is 1. The second kappa shape index (κ2) is 8.82. The van der Waals surface area contributed by atoms with E-state index in [0.717, 1.165) is 41.8 Å². The Bertz CT molecular complexity index is 1030. The van der Waals surface area contributed by atoms with E-state index in [2.05, 4.69) is 16.0 Å². The second-order valence-corrected chi connectivity index (χ2v) is 10.7. The van der Waals surface area contributed by atoms with Crippen LogP contribution in [0.25, 0.3) is 10.2 Å². The van der Waals surface area contributed by atoms with Crippen molar-refractivity contribution in [1.29, 1.82) is 5.26 Å². The van der Waals surface area contributed by atoms with Crippen LogP contribution in [0.3, 0.4) is 0 Å². The minimum Gasteiger partial charge on any atom is -0.370 e. The summed E-state index contributed by atoms with van der Waals surface area (Å²) in [6.45, 7) is 7.33. The number of fused-ring (bicyclic) bond motifs is 1. The molecule has 2 atom stereocenters. The summed E-state index contributed by atoms with van der Waals surface area (Å²) < 4.78 is 20.7. The lowest BCUT2D eigenvalue weighted by molar-refractivity contribution is 0.0626. The van der Waals surface area contributed by atoms with Crippen LogP contribution in [0.1, 0.15) is 37.0 Å². The van der Waals surface area contributed by atoms with Crippen LogP contribution in [-0.2, 0) is 11.1 Å². The third-order valence-electron chi connectivity index (χ3n) is 6.56. The molecule has 0 aromatic carbocycles. The van der Waals surface area contributed by atoms with E-state index in [0.29, 0.717) is 31.7 Å². The van der Waals surface area contributed by atoms with E-state index in [4.69, 9.17) is 0 Å². The van der Waals surface area contributed by atoms with Crippen molar-refractivity contribution in [3.8, 4) is 6.07 Å². The minimum atomic E-state index is -1.91. The Kier molecular flexibility index (Phi) is 6.30. The molecule has 4 heterocycles. The van der Waals surface area contributed by atoms with Crippen molar-refractivity contribution in [2.24, 2.45) is 5.41 Å². The standard InChI is InChI=1S/C21H27N5O3S2/c1-15(31(28)29)24-8-10-26(11-9-24)20(27)17-13-23-19-16(3-12-30-19)18(17)25-6-4-21(2,14-22)5-7-25/h3,12-13,15H,4-11H2,1-2H3,(H,28,29). The van der Waals surface area contributed by atoms with E-state index >= 15 is 0 Å². The first kappa shape index (κ1) is 22.1. The van der Waals surface area contributed by atoms with E-state index in [1.807, 2.05) is 28.2 Å². The highest BCUT2D eigenvalue weighted by Crippen LogP contribution is 2.38. The maximum atomic E-state index is 13.5. The number of hydrogen-bond donors (Lipinski definition) is 1. The zero-order chi connectivity index (χ0) is 22.2. The molecule has 1 N–H and O–H groups in total. The van der Waals surface area contributed by atoms with E-state index in [9.17, 15) is 18.8 Å². The molecule has 10 heteroatoms. The van der Waals surface area contributed by atoms with Gasteiger partial charge in [0.15, 0.2) is 11.1 Å². The number of piperidine rings is 1. The molecule has 8 nitrogen and oxygen atoms in total. The van der Waals surface area contributed by atoms with Crippen LogP contribution < -0.4 is 4.90 Å². The normalized spacial score (nSPS) is 21.6. The number of nitrogens with zero attached hydrogens (tertiary/aromatic N) is 5. The van der Waals surface area contributed by atoms with Crippen molar-refractivity contribution in [3.05, 3.63) is 23.2 Å². The van der Waals surface area contributed by atoms with Gasteiger partial charge >= 0.3 is 0 Å². The first-order valence-corrected chi connectivity index (χ1v) is 12.5. The lowest BCUT2D eigenvalue weighted by atomic mass is 9.81. The summed E-state index contributed by atoms with van der Waals surface area (Å²) >= 11 is -0.350. The maximum Gasteiger partial charge on any atom is 0.257 e. The molecule has 0 bridgehead atoms. The minimum absolute atomic E-state index is 0.0540. The number of amides is 1. The number of rotatable bonds is 4. The molecule has 0 saturated carbocycles. The highest BCUT2D eigenvalue weighted by atomic mass is 32.2. The van der Waals surface area contributed by atoms with Crippen LogP contribution in [0, 0.1) is 16.7 Å². The lowest BCUT2D eigenvalue weighted by Gasteiger charge is -2.39. The lowest BCUT2D eigenvalue weighted by Crippen LogP contribution is -2.52. The van der Waals surface area contributed by atoms with E-state index in [1.165, 1.54) is 0 Å². The molecule has 166 valence electrons. The highest BCUT2D eigenvalue weighted by molar-refractivity contribution is 7.79. The Balaban J connectivity index is 1.58. The van der Waals surface area contributed by atoms with Gasteiger partial charge in [-0.1, -0.05) is 0 Å². The number of thiophene rings is 1. The summed E-state index contributed by atoms with van der Waals surface area (Å²) in [5.74, 6) is -0.0540. The predicted molar refractivity (Wildman–Crippen MR) is 122 cm³/mol. The Hall–Kier alpha value is -2.06. The largest absolute Gasteiger partial charge is 0.370 e. The zero-order valence-corrected chi connectivity index (χ0v) is 19.4. The molecule has 0 aliphatic carbocycles. The zero-order valence-electron chi connectivity index (χ0n) is 17.8. The summed E-state index contributed by atoms with van der Waals surface area (Å²) in [5.41, 5.74) is 1.20. The average Bonchev–Trinajstić information content (AvgIpc) is 3.27. The molecule has 2 aliphatic rings. The quantitative estimate of drug-likeness (QED) is 0.699. The van der Waals surface area contributed by atoms with Crippen LogP contribution in [0.4, 0.5) is 5.69 Å². The molecule has 0 spiro atoms. The topological polar surface area (TPSA) is 101 Å². The molecular weight excluding hydrogens is 434 g/mol. The molecule has 4 rings (SSSR count). The monoisotopic (exact) mass is 461 g/mol. The summed E-state index contributed by atoms with van der Waals surface area (Å²) in [4.78, 5) is 24.9. The molecule has 2 unspecified atom stereocenters. The Labute approximate surface area is 188 Å². The van der Waals surface area contributed by atoms with Gasteiger partial charge in [0, 0.05) is 50.9 Å². The highest BCUT2D eigenvalue weighted by Gasteiger charge is 2.34. The number of carbonyl (C=O) groups is 1. The Morgan fingerprint density at radius 2 is 1.97 bits per heavy atom. The van der Waals surface area contributed by atoms with Gasteiger partial charge < -0.3 is 14.4 Å². The molecule has 2 aromatic heterocycles.